The van der Waals surface area contributed by atoms with Crippen molar-refractivity contribution in [3.05, 3.63) is 23.9 Å². The second-order valence-corrected chi connectivity index (χ2v) is 7.36. The van der Waals surface area contributed by atoms with Crippen LogP contribution in [0.15, 0.2) is 18.3 Å². The second kappa shape index (κ2) is 7.09. The number of rotatable bonds is 5. The molecule has 3 heterocycles. The summed E-state index contributed by atoms with van der Waals surface area (Å²) < 4.78 is 6.03. The van der Waals surface area contributed by atoms with E-state index in [1.165, 1.54) is 25.7 Å². The third-order valence-corrected chi connectivity index (χ3v) is 5.35. The van der Waals surface area contributed by atoms with E-state index in [0.717, 1.165) is 62.9 Å². The fourth-order valence-electron chi connectivity index (χ4n) is 3.73. The number of carbonyl (C=O) groups excluding carboxylic acids is 1. The first kappa shape index (κ1) is 15.9. The van der Waals surface area contributed by atoms with E-state index < -0.39 is 0 Å². The first-order valence-electron chi connectivity index (χ1n) is 9.42. The van der Waals surface area contributed by atoms with E-state index >= 15 is 0 Å². The Kier molecular flexibility index (Phi) is 4.69. The van der Waals surface area contributed by atoms with Gasteiger partial charge >= 0.3 is 0 Å². The molecule has 2 saturated heterocycles. The highest BCUT2D eigenvalue weighted by Gasteiger charge is 2.30. The number of carbonyl (C=O) groups is 1. The van der Waals surface area contributed by atoms with Gasteiger partial charge in [0.1, 0.15) is 5.82 Å². The third kappa shape index (κ3) is 3.56. The molecule has 0 N–H and O–H groups in total. The first-order valence-corrected chi connectivity index (χ1v) is 9.42. The lowest BCUT2D eigenvalue weighted by atomic mass is 10.1. The minimum atomic E-state index is 0.115. The summed E-state index contributed by atoms with van der Waals surface area (Å²) in [5.41, 5.74) is 0.752. The molecule has 130 valence electrons. The van der Waals surface area contributed by atoms with Crippen molar-refractivity contribution in [1.29, 1.82) is 0 Å². The van der Waals surface area contributed by atoms with Crippen LogP contribution < -0.4 is 4.90 Å². The molecule has 1 aromatic rings. The fourth-order valence-corrected chi connectivity index (χ4v) is 3.73. The van der Waals surface area contributed by atoms with Gasteiger partial charge in [-0.05, 0) is 56.6 Å². The normalized spacial score (nSPS) is 24.4. The van der Waals surface area contributed by atoms with Crippen molar-refractivity contribution in [2.75, 3.05) is 37.7 Å². The number of pyridine rings is 1. The van der Waals surface area contributed by atoms with Crippen LogP contribution in [-0.4, -0.2) is 54.7 Å². The number of nitrogens with zero attached hydrogens (tertiary/aromatic N) is 3. The zero-order valence-corrected chi connectivity index (χ0v) is 14.3. The molecule has 3 aliphatic rings. The summed E-state index contributed by atoms with van der Waals surface area (Å²) in [6.07, 6.45) is 9.09. The van der Waals surface area contributed by atoms with Crippen LogP contribution in [0.1, 0.15) is 48.9 Å². The van der Waals surface area contributed by atoms with Crippen molar-refractivity contribution in [2.24, 2.45) is 5.92 Å². The van der Waals surface area contributed by atoms with E-state index in [9.17, 15) is 4.79 Å². The molecule has 1 atom stereocenters. The molecular formula is C19H27N3O2. The Labute approximate surface area is 144 Å². The molecule has 0 aromatic carbocycles. The van der Waals surface area contributed by atoms with Crippen LogP contribution in [0.25, 0.3) is 0 Å². The maximum Gasteiger partial charge on any atom is 0.257 e. The summed E-state index contributed by atoms with van der Waals surface area (Å²) in [5, 5.41) is 0. The van der Waals surface area contributed by atoms with Crippen LogP contribution in [0.2, 0.25) is 0 Å². The van der Waals surface area contributed by atoms with Crippen molar-refractivity contribution >= 4 is 11.7 Å². The van der Waals surface area contributed by atoms with Gasteiger partial charge in [0.15, 0.2) is 0 Å². The Morgan fingerprint density at radius 3 is 2.79 bits per heavy atom. The topological polar surface area (TPSA) is 45.7 Å². The van der Waals surface area contributed by atoms with Crippen LogP contribution in [0.4, 0.5) is 5.82 Å². The maximum atomic E-state index is 13.1. The van der Waals surface area contributed by atoms with Crippen molar-refractivity contribution in [2.45, 2.75) is 44.6 Å². The molecule has 1 amide bonds. The maximum absolute atomic E-state index is 13.1. The largest absolute Gasteiger partial charge is 0.376 e. The molecule has 4 rings (SSSR count). The molecule has 0 spiro atoms. The van der Waals surface area contributed by atoms with Gasteiger partial charge in [-0.3, -0.25) is 4.79 Å². The summed E-state index contributed by atoms with van der Waals surface area (Å²) >= 11 is 0. The van der Waals surface area contributed by atoms with Crippen molar-refractivity contribution in [3.63, 3.8) is 0 Å². The number of hydrogen-bond donors (Lipinski definition) is 0. The Bertz CT molecular complexity index is 582. The van der Waals surface area contributed by atoms with E-state index in [0.29, 0.717) is 0 Å². The van der Waals surface area contributed by atoms with E-state index in [2.05, 4.69) is 9.88 Å². The first-order chi connectivity index (χ1) is 11.8. The average Bonchev–Trinajstić information content (AvgIpc) is 3.31. The average molecular weight is 329 g/mol. The second-order valence-electron chi connectivity index (χ2n) is 7.36. The number of amides is 1. The predicted molar refractivity (Wildman–Crippen MR) is 93.3 cm³/mol. The molecule has 1 aliphatic carbocycles. The van der Waals surface area contributed by atoms with Crippen LogP contribution in [0.5, 0.6) is 0 Å². The Morgan fingerprint density at radius 1 is 1.17 bits per heavy atom. The zero-order chi connectivity index (χ0) is 16.4. The van der Waals surface area contributed by atoms with Crippen LogP contribution in [0, 0.1) is 5.92 Å². The highest BCUT2D eigenvalue weighted by Crippen LogP contribution is 2.30. The van der Waals surface area contributed by atoms with Crippen LogP contribution >= 0.6 is 0 Å². The van der Waals surface area contributed by atoms with Gasteiger partial charge < -0.3 is 14.5 Å². The Balaban J connectivity index is 1.44. The van der Waals surface area contributed by atoms with Crippen molar-refractivity contribution in [1.82, 2.24) is 9.88 Å². The SMILES string of the molecule is O=C(c1cccnc1N1CCCC1)N1CCCC(OCC2CC2)C1. The third-order valence-electron chi connectivity index (χ3n) is 5.35. The monoisotopic (exact) mass is 329 g/mol. The van der Waals surface area contributed by atoms with Gasteiger partial charge in [-0.2, -0.15) is 0 Å². The van der Waals surface area contributed by atoms with Gasteiger partial charge in [0.25, 0.3) is 5.91 Å². The number of piperidine rings is 1. The molecule has 2 aliphatic heterocycles. The van der Waals surface area contributed by atoms with E-state index in [4.69, 9.17) is 4.74 Å². The highest BCUT2D eigenvalue weighted by atomic mass is 16.5. The number of likely N-dealkylation sites (tertiary alicyclic amines) is 1. The molecule has 24 heavy (non-hydrogen) atoms. The quantitative estimate of drug-likeness (QED) is 0.833. The number of hydrogen-bond acceptors (Lipinski definition) is 4. The summed E-state index contributed by atoms with van der Waals surface area (Å²) in [6, 6.07) is 3.80. The molecule has 5 heteroatoms. The summed E-state index contributed by atoms with van der Waals surface area (Å²) in [5.74, 6) is 1.75. The summed E-state index contributed by atoms with van der Waals surface area (Å²) in [4.78, 5) is 21.8. The van der Waals surface area contributed by atoms with Crippen molar-refractivity contribution < 1.29 is 9.53 Å². The van der Waals surface area contributed by atoms with Gasteiger partial charge in [-0.25, -0.2) is 4.98 Å². The van der Waals surface area contributed by atoms with Gasteiger partial charge in [-0.15, -0.1) is 0 Å². The van der Waals surface area contributed by atoms with Gasteiger partial charge in [0.05, 0.1) is 11.7 Å². The van der Waals surface area contributed by atoms with Gasteiger partial charge in [0.2, 0.25) is 0 Å². The minimum Gasteiger partial charge on any atom is -0.376 e. The lowest BCUT2D eigenvalue weighted by molar-refractivity contribution is -0.00241. The molecular weight excluding hydrogens is 302 g/mol. The van der Waals surface area contributed by atoms with E-state index in [1.54, 1.807) is 6.20 Å². The fraction of sp³-hybridized carbons (Fsp3) is 0.684. The standard InChI is InChI=1S/C19H27N3O2/c23-19(17-6-3-9-20-18(17)21-10-1-2-11-21)22-12-4-5-16(13-22)24-14-15-7-8-15/h3,6,9,15-16H,1-2,4-5,7-8,10-14H2. The molecule has 5 nitrogen and oxygen atoms in total. The summed E-state index contributed by atoms with van der Waals surface area (Å²) in [7, 11) is 0. The molecule has 1 saturated carbocycles. The lowest BCUT2D eigenvalue weighted by Crippen LogP contribution is -2.44. The van der Waals surface area contributed by atoms with Gasteiger partial charge in [-0.1, -0.05) is 0 Å². The molecule has 0 bridgehead atoms. The zero-order valence-electron chi connectivity index (χ0n) is 14.3. The van der Waals surface area contributed by atoms with Crippen molar-refractivity contribution in [3.8, 4) is 0 Å². The molecule has 0 radical (unpaired) electrons. The van der Waals surface area contributed by atoms with Crippen LogP contribution in [0.3, 0.4) is 0 Å². The van der Waals surface area contributed by atoms with E-state index in [-0.39, 0.29) is 12.0 Å². The Morgan fingerprint density at radius 2 is 2.00 bits per heavy atom. The number of ether oxygens (including phenoxy) is 1. The summed E-state index contributed by atoms with van der Waals surface area (Å²) in [6.45, 7) is 4.43. The molecule has 1 unspecified atom stereocenters. The highest BCUT2D eigenvalue weighted by molar-refractivity contribution is 5.99. The predicted octanol–water partition coefficient (Wildman–Crippen LogP) is 2.71. The molecule has 3 fully saturated rings. The number of anilines is 1. The smallest absolute Gasteiger partial charge is 0.257 e. The molecule has 1 aromatic heterocycles. The lowest BCUT2D eigenvalue weighted by Gasteiger charge is -2.33. The van der Waals surface area contributed by atoms with E-state index in [1.807, 2.05) is 17.0 Å². The Hall–Kier alpha value is -1.62. The minimum absolute atomic E-state index is 0.115. The van der Waals surface area contributed by atoms with Crippen LogP contribution in [-0.2, 0) is 4.74 Å². The van der Waals surface area contributed by atoms with Gasteiger partial charge in [0, 0.05) is 39.0 Å². The number of aromatic nitrogens is 1.